The van der Waals surface area contributed by atoms with Crippen LogP contribution in [-0.2, 0) is 20.8 Å². The number of carbonyl (C=O) groups is 3. The maximum absolute atomic E-state index is 13.3. The molecule has 0 heterocycles. The Hall–Kier alpha value is -3.97. The fraction of sp³-hybridized carbons (Fsp3) is 0.300. The molecule has 194 valence electrons. The number of amides is 3. The summed E-state index contributed by atoms with van der Waals surface area (Å²) >= 11 is 0. The molecule has 7 nitrogen and oxygen atoms in total. The third-order valence-corrected chi connectivity index (χ3v) is 7.03. The van der Waals surface area contributed by atoms with Gasteiger partial charge in [-0.25, -0.2) is 5.48 Å². The lowest BCUT2D eigenvalue weighted by Gasteiger charge is -2.40. The van der Waals surface area contributed by atoms with Gasteiger partial charge in [0.15, 0.2) is 0 Å². The first-order valence-corrected chi connectivity index (χ1v) is 12.3. The van der Waals surface area contributed by atoms with Crippen LogP contribution in [0.25, 0.3) is 0 Å². The molecular weight excluding hydrogens is 466 g/mol. The number of nitrogens with one attached hydrogen (secondary N) is 2. The van der Waals surface area contributed by atoms with Gasteiger partial charge in [0.05, 0.1) is 6.42 Å². The minimum Gasteiger partial charge on any atom is -0.326 e. The summed E-state index contributed by atoms with van der Waals surface area (Å²) in [6.45, 7) is 7.65. The lowest BCUT2D eigenvalue weighted by molar-refractivity contribution is -0.134. The van der Waals surface area contributed by atoms with Crippen molar-refractivity contribution in [2.24, 2.45) is 10.8 Å². The molecule has 3 aromatic rings. The van der Waals surface area contributed by atoms with Crippen molar-refractivity contribution < 1.29 is 19.6 Å². The van der Waals surface area contributed by atoms with Crippen molar-refractivity contribution in [2.45, 2.75) is 47.0 Å². The molecule has 0 unspecified atom stereocenters. The van der Waals surface area contributed by atoms with Crippen molar-refractivity contribution in [1.82, 2.24) is 5.48 Å². The van der Waals surface area contributed by atoms with Gasteiger partial charge in [-0.15, -0.1) is 0 Å². The van der Waals surface area contributed by atoms with E-state index in [0.717, 1.165) is 16.9 Å². The highest BCUT2D eigenvalue weighted by Gasteiger charge is 2.40. The zero-order valence-electron chi connectivity index (χ0n) is 21.8. The van der Waals surface area contributed by atoms with E-state index in [1.807, 2.05) is 100 Å². The van der Waals surface area contributed by atoms with E-state index in [1.54, 1.807) is 22.5 Å². The molecule has 37 heavy (non-hydrogen) atoms. The number of hydrogen-bond acceptors (Lipinski definition) is 4. The highest BCUT2D eigenvalue weighted by Crippen LogP contribution is 2.44. The molecule has 7 heteroatoms. The third-order valence-electron chi connectivity index (χ3n) is 7.03. The molecule has 0 aromatic heterocycles. The Morgan fingerprint density at radius 2 is 1.16 bits per heavy atom. The number of rotatable bonds is 10. The summed E-state index contributed by atoms with van der Waals surface area (Å²) in [5, 5.41) is 11.8. The maximum Gasteiger partial charge on any atom is 0.243 e. The SMILES string of the molecule is CC(C)(CC(=O)NO)C(C)(C)CC(=O)Nc1ccc(CC(=O)N(c2ccccc2)c2ccccc2)cc1. The molecule has 3 N–H and O–H groups in total. The van der Waals surface area contributed by atoms with E-state index in [9.17, 15) is 14.4 Å². The van der Waals surface area contributed by atoms with Crippen LogP contribution in [0.5, 0.6) is 0 Å². The van der Waals surface area contributed by atoms with E-state index in [1.165, 1.54) is 0 Å². The predicted octanol–water partition coefficient (Wildman–Crippen LogP) is 5.87. The number of carbonyl (C=O) groups excluding carboxylic acids is 3. The van der Waals surface area contributed by atoms with Crippen LogP contribution in [0.1, 0.15) is 46.1 Å². The van der Waals surface area contributed by atoms with E-state index in [-0.39, 0.29) is 31.1 Å². The van der Waals surface area contributed by atoms with Gasteiger partial charge in [0.25, 0.3) is 0 Å². The third kappa shape index (κ3) is 7.27. The minimum atomic E-state index is -0.523. The monoisotopic (exact) mass is 501 g/mol. The fourth-order valence-corrected chi connectivity index (χ4v) is 4.08. The van der Waals surface area contributed by atoms with E-state index in [4.69, 9.17) is 5.21 Å². The Bertz CT molecular complexity index is 1170. The first-order valence-electron chi connectivity index (χ1n) is 12.3. The summed E-state index contributed by atoms with van der Waals surface area (Å²) in [5.41, 5.74) is 3.69. The summed E-state index contributed by atoms with van der Waals surface area (Å²) in [7, 11) is 0. The summed E-state index contributed by atoms with van der Waals surface area (Å²) in [5.74, 6) is -0.725. The van der Waals surface area contributed by atoms with Crippen LogP contribution in [0, 0.1) is 10.8 Å². The van der Waals surface area contributed by atoms with Crippen molar-refractivity contribution in [3.05, 3.63) is 90.5 Å². The maximum atomic E-state index is 13.3. The molecular formula is C30H35N3O4. The molecule has 0 fully saturated rings. The quantitative estimate of drug-likeness (QED) is 0.239. The lowest BCUT2D eigenvalue weighted by atomic mass is 9.64. The van der Waals surface area contributed by atoms with Gasteiger partial charge < -0.3 is 5.32 Å². The van der Waals surface area contributed by atoms with Crippen molar-refractivity contribution in [2.75, 3.05) is 10.2 Å². The first-order chi connectivity index (χ1) is 17.5. The van der Waals surface area contributed by atoms with Crippen molar-refractivity contribution in [3.63, 3.8) is 0 Å². The molecule has 0 bridgehead atoms. The molecule has 3 amide bonds. The second kappa shape index (κ2) is 11.8. The lowest BCUT2D eigenvalue weighted by Crippen LogP contribution is -2.39. The Balaban J connectivity index is 1.66. The second-order valence-corrected chi connectivity index (χ2v) is 10.5. The molecule has 0 saturated heterocycles. The van der Waals surface area contributed by atoms with Crippen LogP contribution in [0.3, 0.4) is 0 Å². The van der Waals surface area contributed by atoms with E-state index in [0.29, 0.717) is 5.69 Å². The van der Waals surface area contributed by atoms with Crippen LogP contribution in [-0.4, -0.2) is 22.9 Å². The van der Waals surface area contributed by atoms with Crippen LogP contribution in [0.15, 0.2) is 84.9 Å². The first kappa shape index (κ1) is 27.6. The summed E-state index contributed by atoms with van der Waals surface area (Å²) < 4.78 is 0. The largest absolute Gasteiger partial charge is 0.326 e. The minimum absolute atomic E-state index is 0.0647. The van der Waals surface area contributed by atoms with Gasteiger partial charge in [-0.05, 0) is 52.8 Å². The Kier molecular flexibility index (Phi) is 8.84. The number of nitrogens with zero attached hydrogens (tertiary/aromatic N) is 1. The van der Waals surface area contributed by atoms with E-state index in [2.05, 4.69) is 5.32 Å². The molecule has 3 rings (SSSR count). The fourth-order valence-electron chi connectivity index (χ4n) is 4.08. The van der Waals surface area contributed by atoms with Gasteiger partial charge in [-0.2, -0.15) is 0 Å². The summed E-state index contributed by atoms with van der Waals surface area (Å²) in [4.78, 5) is 39.5. The molecule has 3 aromatic carbocycles. The number of hydroxylamine groups is 1. The summed E-state index contributed by atoms with van der Waals surface area (Å²) in [6, 6.07) is 26.3. The normalized spacial score (nSPS) is 11.5. The van der Waals surface area contributed by atoms with Gasteiger partial charge in [0, 0.05) is 29.9 Å². The highest BCUT2D eigenvalue weighted by molar-refractivity contribution is 6.01. The topological polar surface area (TPSA) is 98.7 Å². The predicted molar refractivity (Wildman–Crippen MR) is 146 cm³/mol. The molecule has 0 aliphatic rings. The second-order valence-electron chi connectivity index (χ2n) is 10.5. The van der Waals surface area contributed by atoms with Gasteiger partial charge in [-0.1, -0.05) is 76.2 Å². The molecule has 0 spiro atoms. The van der Waals surface area contributed by atoms with Crippen molar-refractivity contribution >= 4 is 34.8 Å². The zero-order chi connectivity index (χ0) is 27.1. The summed E-state index contributed by atoms with van der Waals surface area (Å²) in [6.07, 6.45) is 0.490. The van der Waals surface area contributed by atoms with E-state index >= 15 is 0 Å². The van der Waals surface area contributed by atoms with Gasteiger partial charge in [0.2, 0.25) is 17.7 Å². The van der Waals surface area contributed by atoms with Gasteiger partial charge in [-0.3, -0.25) is 24.5 Å². The van der Waals surface area contributed by atoms with Crippen molar-refractivity contribution in [1.29, 1.82) is 0 Å². The molecule has 0 aliphatic heterocycles. The van der Waals surface area contributed by atoms with Crippen molar-refractivity contribution in [3.8, 4) is 0 Å². The Morgan fingerprint density at radius 1 is 0.703 bits per heavy atom. The highest BCUT2D eigenvalue weighted by atomic mass is 16.5. The number of benzene rings is 3. The molecule has 0 saturated carbocycles. The Morgan fingerprint density at radius 3 is 1.62 bits per heavy atom. The average molecular weight is 502 g/mol. The van der Waals surface area contributed by atoms with E-state index < -0.39 is 16.7 Å². The zero-order valence-corrected chi connectivity index (χ0v) is 21.8. The van der Waals surface area contributed by atoms with Gasteiger partial charge in [0.1, 0.15) is 0 Å². The number of hydrogen-bond donors (Lipinski definition) is 3. The van der Waals surface area contributed by atoms with Crippen LogP contribution < -0.4 is 15.7 Å². The molecule has 0 aliphatic carbocycles. The van der Waals surface area contributed by atoms with Gasteiger partial charge >= 0.3 is 0 Å². The molecule has 0 radical (unpaired) electrons. The molecule has 0 atom stereocenters. The van der Waals surface area contributed by atoms with Crippen LogP contribution in [0.2, 0.25) is 0 Å². The van der Waals surface area contributed by atoms with Crippen LogP contribution in [0.4, 0.5) is 17.1 Å². The Labute approximate surface area is 218 Å². The number of anilines is 3. The number of para-hydroxylation sites is 2. The standard InChI is InChI=1S/C30H35N3O4/c1-29(2,30(3,4)21-27(35)32-37)20-26(34)31-23-17-15-22(16-18-23)19-28(36)33(24-11-7-5-8-12-24)25-13-9-6-10-14-25/h5-18,37H,19-21H2,1-4H3,(H,31,34)(H,32,35). The smallest absolute Gasteiger partial charge is 0.243 e. The average Bonchev–Trinajstić information content (AvgIpc) is 2.86. The van der Waals surface area contributed by atoms with Crippen LogP contribution >= 0.6 is 0 Å².